The van der Waals surface area contributed by atoms with Crippen molar-refractivity contribution in [1.82, 2.24) is 9.55 Å². The Morgan fingerprint density at radius 2 is 1.33 bits per heavy atom. The van der Waals surface area contributed by atoms with Crippen LogP contribution in [0.25, 0.3) is 38.8 Å². The van der Waals surface area contributed by atoms with Crippen molar-refractivity contribution in [2.45, 2.75) is 26.9 Å². The van der Waals surface area contributed by atoms with E-state index in [9.17, 15) is 0 Å². The first-order valence-electron chi connectivity index (χ1n) is 16.1. The number of rotatable bonds is 5. The van der Waals surface area contributed by atoms with E-state index in [1.807, 2.05) is 6.20 Å². The van der Waals surface area contributed by atoms with Crippen molar-refractivity contribution in [2.24, 2.45) is 0 Å². The van der Waals surface area contributed by atoms with E-state index < -0.39 is 8.07 Å². The predicted octanol–water partition coefficient (Wildman–Crippen LogP) is 8.83. The van der Waals surface area contributed by atoms with Crippen molar-refractivity contribution in [2.75, 3.05) is 23.5 Å². The van der Waals surface area contributed by atoms with Crippen LogP contribution < -0.4 is 20.2 Å². The number of nitrogens with zero attached hydrogens (tertiary/aromatic N) is 4. The highest BCUT2D eigenvalue weighted by Gasteiger charge is 2.30. The summed E-state index contributed by atoms with van der Waals surface area (Å²) in [6.07, 6.45) is 1.96. The minimum absolute atomic E-state index is 0.852. The van der Waals surface area contributed by atoms with Gasteiger partial charge in [0.15, 0.2) is 0 Å². The fraction of sp³-hybridized carbons (Fsp3) is 0.146. The zero-order valence-electron chi connectivity index (χ0n) is 27.1. The standard InChI is InChI=1S/C41H38N4Si/c1-28-12-10-13-29(2)41(28)30-22-23-42-40(24-30)45-36-17-7-6-16-34(36)35-21-20-33(26-39(35)45)46(4,5)32-15-11-14-31(25-32)44-27-43(3)37-18-8-9-19-38(37)44/h6-26H,27H2,1-5H3. The molecule has 0 amide bonds. The van der Waals surface area contributed by atoms with E-state index in [1.54, 1.807) is 0 Å². The number of hydrogen-bond acceptors (Lipinski definition) is 3. The number of aromatic nitrogens is 2. The summed E-state index contributed by atoms with van der Waals surface area (Å²) in [5.74, 6) is 0.946. The number of hydrogen-bond donors (Lipinski definition) is 0. The van der Waals surface area contributed by atoms with Gasteiger partial charge >= 0.3 is 0 Å². The second-order valence-corrected chi connectivity index (χ2v) is 17.6. The van der Waals surface area contributed by atoms with Crippen LogP contribution in [0.15, 0.2) is 128 Å². The van der Waals surface area contributed by atoms with E-state index in [-0.39, 0.29) is 0 Å². The lowest BCUT2D eigenvalue weighted by Crippen LogP contribution is -2.53. The first-order valence-corrected chi connectivity index (χ1v) is 19.1. The van der Waals surface area contributed by atoms with E-state index in [2.05, 4.69) is 170 Å². The molecule has 0 aliphatic carbocycles. The van der Waals surface area contributed by atoms with Gasteiger partial charge in [0.1, 0.15) is 13.9 Å². The SMILES string of the molecule is Cc1cccc(C)c1-c1ccnc(-n2c3ccccc3c3ccc([Si](C)(C)c4cccc(N5CN(C)c6ccccc65)c4)cc32)c1. The van der Waals surface area contributed by atoms with E-state index >= 15 is 0 Å². The van der Waals surface area contributed by atoms with E-state index in [1.165, 1.54) is 71.5 Å². The quantitative estimate of drug-likeness (QED) is 0.181. The molecule has 1 aliphatic heterocycles. The third-order valence-corrected chi connectivity index (χ3v) is 13.5. The molecule has 4 nitrogen and oxygen atoms in total. The Hall–Kier alpha value is -5.13. The van der Waals surface area contributed by atoms with Crippen molar-refractivity contribution in [1.29, 1.82) is 0 Å². The summed E-state index contributed by atoms with van der Waals surface area (Å²) in [5, 5.41) is 5.34. The third kappa shape index (κ3) is 4.45. The molecule has 0 radical (unpaired) electrons. The number of para-hydroxylation sites is 3. The summed E-state index contributed by atoms with van der Waals surface area (Å²) >= 11 is 0. The smallest absolute Gasteiger partial charge is 0.138 e. The summed E-state index contributed by atoms with van der Waals surface area (Å²) in [7, 11) is 0.0801. The molecule has 0 bridgehead atoms. The Labute approximate surface area is 272 Å². The van der Waals surface area contributed by atoms with Crippen molar-refractivity contribution in [3.8, 4) is 16.9 Å². The van der Waals surface area contributed by atoms with Crippen LogP contribution in [0.2, 0.25) is 13.1 Å². The molecule has 2 aromatic heterocycles. The number of benzene rings is 5. The molecule has 1 aliphatic rings. The first kappa shape index (κ1) is 28.3. The lowest BCUT2D eigenvalue weighted by molar-refractivity contribution is 0.950. The van der Waals surface area contributed by atoms with Crippen LogP contribution in [0, 0.1) is 13.8 Å². The van der Waals surface area contributed by atoms with E-state index in [0.29, 0.717) is 0 Å². The molecule has 7 aromatic rings. The molecule has 226 valence electrons. The Kier molecular flexibility index (Phi) is 6.62. The Bertz CT molecular complexity index is 2260. The van der Waals surface area contributed by atoms with Crippen molar-refractivity contribution in [3.63, 3.8) is 0 Å². The predicted molar refractivity (Wildman–Crippen MR) is 199 cm³/mol. The van der Waals surface area contributed by atoms with Crippen LogP contribution >= 0.6 is 0 Å². The van der Waals surface area contributed by atoms with Gasteiger partial charge in [-0.2, -0.15) is 0 Å². The van der Waals surface area contributed by atoms with Crippen LogP contribution in [-0.2, 0) is 0 Å². The monoisotopic (exact) mass is 614 g/mol. The molecule has 0 fully saturated rings. The maximum Gasteiger partial charge on any atom is 0.138 e. The number of aryl methyl sites for hydroxylation is 2. The van der Waals surface area contributed by atoms with E-state index in [4.69, 9.17) is 4.98 Å². The summed E-state index contributed by atoms with van der Waals surface area (Å²) in [4.78, 5) is 9.71. The van der Waals surface area contributed by atoms with Gasteiger partial charge in [-0.05, 0) is 84.6 Å². The molecule has 0 spiro atoms. The third-order valence-electron chi connectivity index (χ3n) is 9.96. The van der Waals surface area contributed by atoms with Gasteiger partial charge in [0, 0.05) is 29.7 Å². The van der Waals surface area contributed by atoms with Crippen LogP contribution in [0.5, 0.6) is 0 Å². The Morgan fingerprint density at radius 3 is 2.15 bits per heavy atom. The van der Waals surface area contributed by atoms with E-state index in [0.717, 1.165) is 12.5 Å². The molecule has 0 unspecified atom stereocenters. The molecule has 8 rings (SSSR count). The zero-order valence-corrected chi connectivity index (χ0v) is 28.1. The normalized spacial score (nSPS) is 13.2. The molecule has 46 heavy (non-hydrogen) atoms. The molecule has 0 N–H and O–H groups in total. The maximum absolute atomic E-state index is 4.96. The van der Waals surface area contributed by atoms with Crippen molar-refractivity contribution in [3.05, 3.63) is 139 Å². The van der Waals surface area contributed by atoms with Crippen molar-refractivity contribution < 1.29 is 0 Å². The number of fused-ring (bicyclic) bond motifs is 4. The minimum atomic E-state index is -2.09. The van der Waals surface area contributed by atoms with Gasteiger partial charge in [-0.15, -0.1) is 0 Å². The highest BCUT2D eigenvalue weighted by atomic mass is 28.3. The average molecular weight is 615 g/mol. The van der Waals surface area contributed by atoms with Gasteiger partial charge in [0.2, 0.25) is 0 Å². The molecular weight excluding hydrogens is 577 g/mol. The molecule has 0 saturated heterocycles. The molecule has 0 atom stereocenters. The van der Waals surface area contributed by atoms with Gasteiger partial charge in [-0.3, -0.25) is 4.57 Å². The van der Waals surface area contributed by atoms with Crippen LogP contribution in [0.4, 0.5) is 17.1 Å². The highest BCUT2D eigenvalue weighted by Crippen LogP contribution is 2.39. The number of anilines is 3. The lowest BCUT2D eigenvalue weighted by atomic mass is 9.96. The van der Waals surface area contributed by atoms with Crippen LogP contribution in [0.3, 0.4) is 0 Å². The summed E-state index contributed by atoms with van der Waals surface area (Å²) in [6, 6.07) is 44.7. The van der Waals surface area contributed by atoms with Crippen molar-refractivity contribution >= 4 is 57.3 Å². The van der Waals surface area contributed by atoms with Crippen LogP contribution in [0.1, 0.15) is 11.1 Å². The minimum Gasteiger partial charge on any atom is -0.355 e. The topological polar surface area (TPSA) is 24.3 Å². The Morgan fingerprint density at radius 1 is 0.630 bits per heavy atom. The number of pyridine rings is 1. The molecule has 5 heteroatoms. The fourth-order valence-corrected chi connectivity index (χ4v) is 9.75. The zero-order chi connectivity index (χ0) is 31.6. The maximum atomic E-state index is 4.96. The molecule has 5 aromatic carbocycles. The molecular formula is C41H38N4Si. The van der Waals surface area contributed by atoms with Gasteiger partial charge in [0.25, 0.3) is 0 Å². The average Bonchev–Trinajstić information content (AvgIpc) is 3.59. The summed E-state index contributed by atoms with van der Waals surface area (Å²) < 4.78 is 2.36. The Balaban J connectivity index is 1.26. The second-order valence-electron chi connectivity index (χ2n) is 13.2. The lowest BCUT2D eigenvalue weighted by Gasteiger charge is -2.27. The largest absolute Gasteiger partial charge is 0.355 e. The van der Waals surface area contributed by atoms with Gasteiger partial charge in [-0.1, -0.05) is 96.3 Å². The highest BCUT2D eigenvalue weighted by molar-refractivity contribution is 7.00. The fourth-order valence-electron chi connectivity index (χ4n) is 7.40. The molecule has 0 saturated carbocycles. The summed E-state index contributed by atoms with van der Waals surface area (Å²) in [5.41, 5.74) is 11.2. The van der Waals surface area contributed by atoms with Gasteiger partial charge < -0.3 is 9.80 Å². The van der Waals surface area contributed by atoms with Gasteiger partial charge in [-0.25, -0.2) is 4.98 Å². The first-order chi connectivity index (χ1) is 22.3. The summed E-state index contributed by atoms with van der Waals surface area (Å²) in [6.45, 7) is 10.2. The molecule has 3 heterocycles. The van der Waals surface area contributed by atoms with Gasteiger partial charge in [0.05, 0.1) is 29.1 Å². The van der Waals surface area contributed by atoms with Crippen LogP contribution in [-0.4, -0.2) is 31.3 Å². The second kappa shape index (κ2) is 10.7.